The molecule has 1 unspecified atom stereocenters. The molecule has 0 spiro atoms. The van der Waals surface area contributed by atoms with Gasteiger partial charge in [-0.1, -0.05) is 41.9 Å². The van der Waals surface area contributed by atoms with E-state index in [-0.39, 0.29) is 6.04 Å². The molecule has 128 valence electrons. The molecule has 0 amide bonds. The molecule has 1 fully saturated rings. The Morgan fingerprint density at radius 2 is 1.96 bits per heavy atom. The fourth-order valence-corrected chi connectivity index (χ4v) is 3.55. The molecular formula is C20H25ClN2O. The monoisotopic (exact) mass is 344 g/mol. The third-order valence-electron chi connectivity index (χ3n) is 4.42. The summed E-state index contributed by atoms with van der Waals surface area (Å²) in [5, 5.41) is 4.24. The molecule has 0 aromatic heterocycles. The van der Waals surface area contributed by atoms with Crippen LogP contribution in [0.3, 0.4) is 0 Å². The second-order valence-electron chi connectivity index (χ2n) is 6.07. The van der Waals surface area contributed by atoms with Crippen molar-refractivity contribution < 1.29 is 4.74 Å². The van der Waals surface area contributed by atoms with Gasteiger partial charge in [0.15, 0.2) is 0 Å². The van der Waals surface area contributed by atoms with Gasteiger partial charge in [-0.15, -0.1) is 0 Å². The molecule has 1 aliphatic heterocycles. The number of nitrogens with zero attached hydrogens (tertiary/aromatic N) is 1. The maximum absolute atomic E-state index is 6.33. The van der Waals surface area contributed by atoms with Crippen LogP contribution in [0.25, 0.3) is 0 Å². The third kappa shape index (κ3) is 4.10. The fraction of sp³-hybridized carbons (Fsp3) is 0.400. The minimum Gasteiger partial charge on any atom is -0.494 e. The second kappa shape index (κ2) is 8.52. The highest BCUT2D eigenvalue weighted by atomic mass is 35.5. The first-order chi connectivity index (χ1) is 11.8. The van der Waals surface area contributed by atoms with Crippen LogP contribution < -0.4 is 10.1 Å². The summed E-state index contributed by atoms with van der Waals surface area (Å²) in [5.74, 6) is 0.924. The summed E-state index contributed by atoms with van der Waals surface area (Å²) in [6, 6.07) is 16.8. The van der Waals surface area contributed by atoms with Crippen molar-refractivity contribution in [2.24, 2.45) is 0 Å². The van der Waals surface area contributed by atoms with E-state index in [0.29, 0.717) is 6.61 Å². The quantitative estimate of drug-likeness (QED) is 0.882. The highest BCUT2D eigenvalue weighted by Gasteiger charge is 2.26. The summed E-state index contributed by atoms with van der Waals surface area (Å²) in [7, 11) is 0. The van der Waals surface area contributed by atoms with Gasteiger partial charge >= 0.3 is 0 Å². The van der Waals surface area contributed by atoms with E-state index in [1.165, 1.54) is 5.56 Å². The van der Waals surface area contributed by atoms with E-state index >= 15 is 0 Å². The van der Waals surface area contributed by atoms with Crippen molar-refractivity contribution >= 4 is 11.6 Å². The van der Waals surface area contributed by atoms with Crippen LogP contribution in [0.2, 0.25) is 5.02 Å². The lowest BCUT2D eigenvalue weighted by molar-refractivity contribution is 0.233. The molecule has 1 N–H and O–H groups in total. The average Bonchev–Trinajstić information content (AvgIpc) is 2.88. The molecular weight excluding hydrogens is 320 g/mol. The lowest BCUT2D eigenvalue weighted by atomic mass is 9.96. The van der Waals surface area contributed by atoms with Gasteiger partial charge in [-0.2, -0.15) is 0 Å². The van der Waals surface area contributed by atoms with Gasteiger partial charge in [0.05, 0.1) is 12.6 Å². The first-order valence-corrected chi connectivity index (χ1v) is 9.09. The van der Waals surface area contributed by atoms with Crippen molar-refractivity contribution in [3.63, 3.8) is 0 Å². The minimum atomic E-state index is 0.159. The summed E-state index contributed by atoms with van der Waals surface area (Å²) in [6.45, 7) is 6.82. The molecule has 3 nitrogen and oxygen atoms in total. The normalized spacial score (nSPS) is 17.2. The second-order valence-corrected chi connectivity index (χ2v) is 6.50. The molecule has 1 saturated heterocycles. The summed E-state index contributed by atoms with van der Waals surface area (Å²) >= 11 is 6.33. The predicted octanol–water partition coefficient (Wildman–Crippen LogP) is 4.12. The van der Waals surface area contributed by atoms with Crippen LogP contribution in [0.1, 0.15) is 30.5 Å². The van der Waals surface area contributed by atoms with Gasteiger partial charge < -0.3 is 10.1 Å². The van der Waals surface area contributed by atoms with Crippen LogP contribution in [-0.4, -0.2) is 37.7 Å². The first kappa shape index (κ1) is 17.3. The maximum Gasteiger partial charge on any atom is 0.124 e. The Labute approximate surface area is 149 Å². The van der Waals surface area contributed by atoms with Crippen LogP contribution in [-0.2, 0) is 0 Å². The lowest BCUT2D eigenvalue weighted by Gasteiger charge is -2.32. The number of nitrogens with one attached hydrogen (secondary N) is 1. The van der Waals surface area contributed by atoms with Gasteiger partial charge in [0.25, 0.3) is 0 Å². The molecule has 0 saturated carbocycles. The Morgan fingerprint density at radius 3 is 2.75 bits per heavy atom. The van der Waals surface area contributed by atoms with Gasteiger partial charge in [0.2, 0.25) is 0 Å². The molecule has 1 aliphatic rings. The maximum atomic E-state index is 6.33. The number of hydrogen-bond acceptors (Lipinski definition) is 3. The number of rotatable bonds is 5. The zero-order valence-electron chi connectivity index (χ0n) is 14.2. The lowest BCUT2D eigenvalue weighted by Crippen LogP contribution is -2.33. The Bertz CT molecular complexity index is 639. The van der Waals surface area contributed by atoms with Crippen LogP contribution in [0.4, 0.5) is 0 Å². The number of halogens is 1. The van der Waals surface area contributed by atoms with Gasteiger partial charge in [0, 0.05) is 30.2 Å². The summed E-state index contributed by atoms with van der Waals surface area (Å²) in [4.78, 5) is 2.53. The summed E-state index contributed by atoms with van der Waals surface area (Å²) in [6.07, 6.45) is 1.15. The number of hydrogen-bond donors (Lipinski definition) is 1. The van der Waals surface area contributed by atoms with Gasteiger partial charge in [0.1, 0.15) is 5.75 Å². The molecule has 3 rings (SSSR count). The minimum absolute atomic E-state index is 0.159. The Morgan fingerprint density at radius 1 is 1.12 bits per heavy atom. The van der Waals surface area contributed by atoms with Crippen molar-refractivity contribution in [1.82, 2.24) is 10.2 Å². The molecule has 2 aromatic carbocycles. The van der Waals surface area contributed by atoms with E-state index in [1.807, 2.05) is 19.1 Å². The van der Waals surface area contributed by atoms with Gasteiger partial charge in [-0.25, -0.2) is 0 Å². The largest absolute Gasteiger partial charge is 0.494 e. The Balaban J connectivity index is 2.05. The summed E-state index contributed by atoms with van der Waals surface area (Å²) in [5.41, 5.74) is 2.43. The number of ether oxygens (including phenoxy) is 1. The Hall–Kier alpha value is -1.55. The fourth-order valence-electron chi connectivity index (χ4n) is 3.37. The van der Waals surface area contributed by atoms with Crippen LogP contribution in [0.5, 0.6) is 5.75 Å². The van der Waals surface area contributed by atoms with Crippen LogP contribution >= 0.6 is 11.6 Å². The molecule has 0 aliphatic carbocycles. The standard InChI is InChI=1S/C20H25ClN2O/c1-2-24-19-10-9-17(21)15-18(19)20(16-7-4-3-5-8-16)23-13-6-11-22-12-14-23/h3-5,7-10,15,20,22H,2,6,11-14H2,1H3. The topological polar surface area (TPSA) is 24.5 Å². The van der Waals surface area contributed by atoms with Crippen molar-refractivity contribution in [3.05, 3.63) is 64.7 Å². The molecule has 24 heavy (non-hydrogen) atoms. The van der Waals surface area contributed by atoms with E-state index in [2.05, 4.69) is 46.6 Å². The zero-order chi connectivity index (χ0) is 16.8. The van der Waals surface area contributed by atoms with E-state index in [0.717, 1.165) is 48.9 Å². The van der Waals surface area contributed by atoms with Crippen molar-refractivity contribution in [2.75, 3.05) is 32.8 Å². The van der Waals surface area contributed by atoms with E-state index in [1.54, 1.807) is 0 Å². The molecule has 2 aromatic rings. The van der Waals surface area contributed by atoms with Crippen molar-refractivity contribution in [2.45, 2.75) is 19.4 Å². The average molecular weight is 345 g/mol. The van der Waals surface area contributed by atoms with Crippen LogP contribution in [0, 0.1) is 0 Å². The highest BCUT2D eigenvalue weighted by Crippen LogP contribution is 2.36. The Kier molecular flexibility index (Phi) is 6.13. The predicted molar refractivity (Wildman–Crippen MR) is 100.0 cm³/mol. The van der Waals surface area contributed by atoms with Crippen LogP contribution in [0.15, 0.2) is 48.5 Å². The van der Waals surface area contributed by atoms with Gasteiger partial charge in [-0.05, 0) is 43.7 Å². The smallest absolute Gasteiger partial charge is 0.124 e. The molecule has 0 bridgehead atoms. The summed E-state index contributed by atoms with van der Waals surface area (Å²) < 4.78 is 5.92. The molecule has 4 heteroatoms. The highest BCUT2D eigenvalue weighted by molar-refractivity contribution is 6.30. The van der Waals surface area contributed by atoms with Crippen molar-refractivity contribution in [1.29, 1.82) is 0 Å². The first-order valence-electron chi connectivity index (χ1n) is 8.71. The van der Waals surface area contributed by atoms with Gasteiger partial charge in [-0.3, -0.25) is 4.90 Å². The number of benzene rings is 2. The van der Waals surface area contributed by atoms with E-state index < -0.39 is 0 Å². The molecule has 1 heterocycles. The molecule has 0 radical (unpaired) electrons. The van der Waals surface area contributed by atoms with E-state index in [4.69, 9.17) is 16.3 Å². The molecule has 1 atom stereocenters. The van der Waals surface area contributed by atoms with Crippen molar-refractivity contribution in [3.8, 4) is 5.75 Å². The zero-order valence-corrected chi connectivity index (χ0v) is 14.9. The SMILES string of the molecule is CCOc1ccc(Cl)cc1C(c1ccccc1)N1CCCNCC1. The third-order valence-corrected chi connectivity index (χ3v) is 4.66. The van der Waals surface area contributed by atoms with E-state index in [9.17, 15) is 0 Å².